The molecule has 4 aromatic rings. The first-order valence-electron chi connectivity index (χ1n) is 9.79. The van der Waals surface area contributed by atoms with Crippen LogP contribution in [0.2, 0.25) is 0 Å². The highest BCUT2D eigenvalue weighted by atomic mass is 16.5. The van der Waals surface area contributed by atoms with Crippen molar-refractivity contribution in [2.45, 2.75) is 6.54 Å². The predicted octanol–water partition coefficient (Wildman–Crippen LogP) is 1.82. The summed E-state index contributed by atoms with van der Waals surface area (Å²) in [6.07, 6.45) is 1.38. The SMILES string of the molecule is COc1ccc(Nc2ccc(NC(=O)Cn3cnc4c3c(=O)n(C)c(=O)n4C)cc2)cc1. The fraction of sp³-hybridized carbons (Fsp3) is 0.182. The highest BCUT2D eigenvalue weighted by Crippen LogP contribution is 2.21. The molecule has 164 valence electrons. The summed E-state index contributed by atoms with van der Waals surface area (Å²) < 4.78 is 8.86. The van der Waals surface area contributed by atoms with E-state index in [0.29, 0.717) is 5.69 Å². The van der Waals surface area contributed by atoms with Gasteiger partial charge >= 0.3 is 5.69 Å². The van der Waals surface area contributed by atoms with E-state index < -0.39 is 11.2 Å². The fourth-order valence-electron chi connectivity index (χ4n) is 3.35. The van der Waals surface area contributed by atoms with Crippen molar-refractivity contribution in [3.05, 3.63) is 75.7 Å². The van der Waals surface area contributed by atoms with Crippen LogP contribution >= 0.6 is 0 Å². The van der Waals surface area contributed by atoms with E-state index in [1.807, 2.05) is 36.4 Å². The maximum absolute atomic E-state index is 12.5. The highest BCUT2D eigenvalue weighted by Gasteiger charge is 2.16. The Hall–Kier alpha value is -4.34. The van der Waals surface area contributed by atoms with Crippen molar-refractivity contribution >= 4 is 34.1 Å². The maximum Gasteiger partial charge on any atom is 0.332 e. The van der Waals surface area contributed by atoms with Crippen LogP contribution in [0.5, 0.6) is 5.75 Å². The molecule has 2 N–H and O–H groups in total. The van der Waals surface area contributed by atoms with E-state index in [9.17, 15) is 14.4 Å². The Morgan fingerprint density at radius 1 is 0.938 bits per heavy atom. The number of carbonyl (C=O) groups excluding carboxylic acids is 1. The molecular weight excluding hydrogens is 412 g/mol. The van der Waals surface area contributed by atoms with Crippen molar-refractivity contribution in [2.24, 2.45) is 14.1 Å². The van der Waals surface area contributed by atoms with E-state index in [-0.39, 0.29) is 23.6 Å². The smallest absolute Gasteiger partial charge is 0.332 e. The Labute approximate surface area is 182 Å². The minimum atomic E-state index is -0.498. The lowest BCUT2D eigenvalue weighted by atomic mass is 10.2. The van der Waals surface area contributed by atoms with Gasteiger partial charge in [-0.25, -0.2) is 9.78 Å². The van der Waals surface area contributed by atoms with Crippen LogP contribution in [0.3, 0.4) is 0 Å². The van der Waals surface area contributed by atoms with Crippen molar-refractivity contribution in [3.8, 4) is 5.75 Å². The molecule has 10 heteroatoms. The summed E-state index contributed by atoms with van der Waals surface area (Å²) in [5, 5.41) is 6.07. The maximum atomic E-state index is 12.5. The number of rotatable bonds is 6. The van der Waals surface area contributed by atoms with Gasteiger partial charge in [0.15, 0.2) is 11.2 Å². The van der Waals surface area contributed by atoms with Gasteiger partial charge in [0, 0.05) is 31.2 Å². The van der Waals surface area contributed by atoms with Gasteiger partial charge in [0.2, 0.25) is 5.91 Å². The van der Waals surface area contributed by atoms with E-state index in [4.69, 9.17) is 4.74 Å². The number of aromatic nitrogens is 4. The summed E-state index contributed by atoms with van der Waals surface area (Å²) in [5.41, 5.74) is 1.84. The topological polar surface area (TPSA) is 112 Å². The largest absolute Gasteiger partial charge is 0.497 e. The molecule has 0 saturated heterocycles. The number of imidazole rings is 1. The van der Waals surface area contributed by atoms with Crippen LogP contribution in [0.25, 0.3) is 11.2 Å². The zero-order chi connectivity index (χ0) is 22.8. The van der Waals surface area contributed by atoms with Gasteiger partial charge in [-0.1, -0.05) is 0 Å². The molecule has 10 nitrogen and oxygen atoms in total. The molecule has 2 heterocycles. The zero-order valence-corrected chi connectivity index (χ0v) is 17.8. The minimum absolute atomic E-state index is 0.115. The lowest BCUT2D eigenvalue weighted by Gasteiger charge is -2.10. The quantitative estimate of drug-likeness (QED) is 0.479. The lowest BCUT2D eigenvalue weighted by Crippen LogP contribution is -2.37. The molecule has 2 aromatic carbocycles. The van der Waals surface area contributed by atoms with Gasteiger partial charge in [0.25, 0.3) is 5.56 Å². The van der Waals surface area contributed by atoms with Crippen molar-refractivity contribution in [1.29, 1.82) is 0 Å². The van der Waals surface area contributed by atoms with Gasteiger partial charge in [0.05, 0.1) is 13.4 Å². The van der Waals surface area contributed by atoms with Gasteiger partial charge in [-0.05, 0) is 48.5 Å². The number of anilines is 3. The molecule has 0 aliphatic heterocycles. The van der Waals surface area contributed by atoms with Crippen LogP contribution in [-0.4, -0.2) is 31.7 Å². The second kappa shape index (κ2) is 8.42. The standard InChI is InChI=1S/C22H22N6O4/c1-26-20-19(21(30)27(2)22(26)31)28(13-23-20)12-18(29)25-16-6-4-14(5-7-16)24-15-8-10-17(32-3)11-9-15/h4-11,13,24H,12H2,1-3H3,(H,25,29). The van der Waals surface area contributed by atoms with Crippen molar-refractivity contribution in [1.82, 2.24) is 18.7 Å². The third kappa shape index (κ3) is 3.97. The first-order chi connectivity index (χ1) is 15.4. The van der Waals surface area contributed by atoms with Crippen molar-refractivity contribution < 1.29 is 9.53 Å². The Bertz CT molecular complexity index is 1400. The summed E-state index contributed by atoms with van der Waals surface area (Å²) >= 11 is 0. The molecule has 0 radical (unpaired) electrons. The molecule has 0 aliphatic rings. The number of ether oxygens (including phenoxy) is 1. The molecule has 2 aromatic heterocycles. The average Bonchev–Trinajstić information content (AvgIpc) is 3.21. The zero-order valence-electron chi connectivity index (χ0n) is 17.8. The van der Waals surface area contributed by atoms with Crippen LogP contribution in [0.15, 0.2) is 64.4 Å². The molecule has 0 fully saturated rings. The molecule has 4 rings (SSSR count). The average molecular weight is 434 g/mol. The van der Waals surface area contributed by atoms with Gasteiger partial charge in [-0.15, -0.1) is 0 Å². The molecule has 0 bridgehead atoms. The van der Waals surface area contributed by atoms with E-state index in [1.54, 1.807) is 19.2 Å². The van der Waals surface area contributed by atoms with Crippen LogP contribution < -0.4 is 26.6 Å². The number of nitrogens with one attached hydrogen (secondary N) is 2. The Morgan fingerprint density at radius 3 is 2.16 bits per heavy atom. The van der Waals surface area contributed by atoms with Gasteiger partial charge in [-0.2, -0.15) is 0 Å². The van der Waals surface area contributed by atoms with Gasteiger partial charge < -0.3 is 19.9 Å². The summed E-state index contributed by atoms with van der Waals surface area (Å²) in [7, 11) is 4.54. The fourth-order valence-corrected chi connectivity index (χ4v) is 3.35. The molecule has 0 aliphatic carbocycles. The van der Waals surface area contributed by atoms with Crippen LogP contribution in [-0.2, 0) is 25.4 Å². The van der Waals surface area contributed by atoms with Crippen molar-refractivity contribution in [2.75, 3.05) is 17.7 Å². The Morgan fingerprint density at radius 2 is 1.53 bits per heavy atom. The van der Waals surface area contributed by atoms with Crippen LogP contribution in [0.4, 0.5) is 17.1 Å². The Kier molecular flexibility index (Phi) is 5.50. The molecule has 0 atom stereocenters. The number of benzene rings is 2. The number of nitrogens with zero attached hydrogens (tertiary/aromatic N) is 4. The molecular formula is C22H22N6O4. The normalized spacial score (nSPS) is 10.8. The van der Waals surface area contributed by atoms with E-state index in [1.165, 1.54) is 29.6 Å². The third-order valence-corrected chi connectivity index (χ3v) is 5.08. The third-order valence-electron chi connectivity index (χ3n) is 5.08. The van der Waals surface area contributed by atoms with E-state index in [2.05, 4.69) is 15.6 Å². The number of hydrogen-bond donors (Lipinski definition) is 2. The van der Waals surface area contributed by atoms with Crippen molar-refractivity contribution in [3.63, 3.8) is 0 Å². The minimum Gasteiger partial charge on any atom is -0.497 e. The monoisotopic (exact) mass is 434 g/mol. The first-order valence-corrected chi connectivity index (χ1v) is 9.79. The number of aryl methyl sites for hydroxylation is 1. The second-order valence-corrected chi connectivity index (χ2v) is 7.23. The summed E-state index contributed by atoms with van der Waals surface area (Å²) in [4.78, 5) is 41.2. The number of fused-ring (bicyclic) bond motifs is 1. The molecule has 1 amide bonds. The summed E-state index contributed by atoms with van der Waals surface area (Å²) in [6, 6.07) is 14.8. The molecule has 0 spiro atoms. The van der Waals surface area contributed by atoms with Crippen LogP contribution in [0.1, 0.15) is 0 Å². The van der Waals surface area contributed by atoms with Crippen LogP contribution in [0, 0.1) is 0 Å². The molecule has 32 heavy (non-hydrogen) atoms. The summed E-state index contributed by atoms with van der Waals surface area (Å²) in [5.74, 6) is 0.454. The van der Waals surface area contributed by atoms with Gasteiger partial charge in [-0.3, -0.25) is 18.7 Å². The predicted molar refractivity (Wildman–Crippen MR) is 122 cm³/mol. The number of carbonyl (C=O) groups is 1. The Balaban J connectivity index is 1.45. The lowest BCUT2D eigenvalue weighted by molar-refractivity contribution is -0.116. The number of hydrogen-bond acceptors (Lipinski definition) is 6. The first kappa shape index (κ1) is 20.9. The van der Waals surface area contributed by atoms with E-state index in [0.717, 1.165) is 21.7 Å². The summed E-state index contributed by atoms with van der Waals surface area (Å²) in [6.45, 7) is -0.115. The van der Waals surface area contributed by atoms with Gasteiger partial charge in [0.1, 0.15) is 12.3 Å². The number of amides is 1. The highest BCUT2D eigenvalue weighted by molar-refractivity contribution is 5.91. The molecule has 0 saturated carbocycles. The molecule has 0 unspecified atom stereocenters. The van der Waals surface area contributed by atoms with E-state index >= 15 is 0 Å². The second-order valence-electron chi connectivity index (χ2n) is 7.23. The number of methoxy groups -OCH3 is 1.